The SMILES string of the molecule is C=C(C)c1cc(Nc2s[nH]c(=O)c2C#N)cc(C(F)(F)F)c1. The Hall–Kier alpha value is -2.53. The summed E-state index contributed by atoms with van der Waals surface area (Å²) in [5.41, 5.74) is -0.673. The average molecular weight is 325 g/mol. The molecule has 22 heavy (non-hydrogen) atoms. The van der Waals surface area contributed by atoms with Crippen molar-refractivity contribution in [1.82, 2.24) is 4.37 Å². The molecule has 0 aliphatic heterocycles. The number of allylic oxidation sites excluding steroid dienone is 1. The maximum absolute atomic E-state index is 12.9. The molecule has 2 aromatic rings. The normalized spacial score (nSPS) is 11.0. The lowest BCUT2D eigenvalue weighted by Gasteiger charge is -2.13. The third-order valence-corrected chi connectivity index (χ3v) is 3.62. The van der Waals surface area contributed by atoms with Gasteiger partial charge in [-0.3, -0.25) is 9.17 Å². The number of benzene rings is 1. The Kier molecular flexibility index (Phi) is 4.10. The Bertz CT molecular complexity index is 827. The molecular weight excluding hydrogens is 315 g/mol. The molecule has 0 amide bonds. The molecule has 1 heterocycles. The third-order valence-electron chi connectivity index (χ3n) is 2.82. The van der Waals surface area contributed by atoms with Gasteiger partial charge in [0, 0.05) is 5.69 Å². The number of aromatic nitrogens is 1. The van der Waals surface area contributed by atoms with Crippen molar-refractivity contribution in [2.24, 2.45) is 0 Å². The predicted octanol–water partition coefficient (Wildman–Crippen LogP) is 4.10. The van der Waals surface area contributed by atoms with Gasteiger partial charge in [-0.15, -0.1) is 0 Å². The Morgan fingerprint density at radius 3 is 2.64 bits per heavy atom. The molecule has 0 aliphatic carbocycles. The van der Waals surface area contributed by atoms with Crippen LogP contribution < -0.4 is 10.9 Å². The van der Waals surface area contributed by atoms with Crippen molar-refractivity contribution in [3.8, 4) is 6.07 Å². The molecule has 0 atom stereocenters. The van der Waals surface area contributed by atoms with E-state index < -0.39 is 17.3 Å². The predicted molar refractivity (Wildman–Crippen MR) is 79.1 cm³/mol. The van der Waals surface area contributed by atoms with E-state index in [0.717, 1.165) is 23.7 Å². The van der Waals surface area contributed by atoms with Gasteiger partial charge < -0.3 is 5.32 Å². The van der Waals surface area contributed by atoms with Crippen molar-refractivity contribution < 1.29 is 13.2 Å². The molecule has 4 nitrogen and oxygen atoms in total. The number of nitrogens with zero attached hydrogens (tertiary/aromatic N) is 1. The van der Waals surface area contributed by atoms with E-state index in [9.17, 15) is 18.0 Å². The number of H-pyrrole nitrogens is 1. The minimum absolute atomic E-state index is 0.125. The highest BCUT2D eigenvalue weighted by molar-refractivity contribution is 7.10. The van der Waals surface area contributed by atoms with Crippen molar-refractivity contribution in [2.75, 3.05) is 5.32 Å². The number of alkyl halides is 3. The van der Waals surface area contributed by atoms with Crippen LogP contribution in [-0.4, -0.2) is 4.37 Å². The standard InChI is InChI=1S/C14H10F3N3OS/c1-7(2)8-3-9(14(15,16)17)5-10(4-8)19-13-11(6-18)12(21)20-22-13/h3-5,19H,1H2,2H3,(H,20,21). The van der Waals surface area contributed by atoms with Gasteiger partial charge >= 0.3 is 6.18 Å². The van der Waals surface area contributed by atoms with Gasteiger partial charge in [0.05, 0.1) is 5.56 Å². The molecule has 0 unspecified atom stereocenters. The largest absolute Gasteiger partial charge is 0.416 e. The molecule has 0 radical (unpaired) electrons. The number of nitrogens with one attached hydrogen (secondary N) is 2. The second-order valence-electron chi connectivity index (χ2n) is 4.55. The zero-order valence-electron chi connectivity index (χ0n) is 11.3. The maximum Gasteiger partial charge on any atom is 0.416 e. The van der Waals surface area contributed by atoms with Gasteiger partial charge in [-0.2, -0.15) is 18.4 Å². The molecule has 2 N–H and O–H groups in total. The molecule has 0 saturated heterocycles. The second kappa shape index (κ2) is 5.69. The lowest BCUT2D eigenvalue weighted by atomic mass is 10.0. The summed E-state index contributed by atoms with van der Waals surface area (Å²) in [4.78, 5) is 11.4. The minimum Gasteiger partial charge on any atom is -0.345 e. The molecule has 0 spiro atoms. The van der Waals surface area contributed by atoms with Crippen molar-refractivity contribution in [1.29, 1.82) is 5.26 Å². The quantitative estimate of drug-likeness (QED) is 0.892. The summed E-state index contributed by atoms with van der Waals surface area (Å²) < 4.78 is 41.2. The van der Waals surface area contributed by atoms with Gasteiger partial charge in [-0.25, -0.2) is 0 Å². The van der Waals surface area contributed by atoms with Crippen molar-refractivity contribution >= 4 is 27.8 Å². The van der Waals surface area contributed by atoms with E-state index in [1.165, 1.54) is 6.07 Å². The first-order chi connectivity index (χ1) is 10.2. The van der Waals surface area contributed by atoms with E-state index in [1.807, 2.05) is 0 Å². The molecule has 0 fully saturated rings. The smallest absolute Gasteiger partial charge is 0.345 e. The van der Waals surface area contributed by atoms with Crippen LogP contribution in [0.2, 0.25) is 0 Å². The number of nitriles is 1. The summed E-state index contributed by atoms with van der Waals surface area (Å²) in [5.74, 6) is 0. The fourth-order valence-corrected chi connectivity index (χ4v) is 2.44. The Morgan fingerprint density at radius 1 is 1.41 bits per heavy atom. The van der Waals surface area contributed by atoms with E-state index in [0.29, 0.717) is 11.1 Å². The van der Waals surface area contributed by atoms with E-state index >= 15 is 0 Å². The van der Waals surface area contributed by atoms with Crippen molar-refractivity contribution in [3.05, 3.63) is 51.8 Å². The average Bonchev–Trinajstić information content (AvgIpc) is 2.77. The summed E-state index contributed by atoms with van der Waals surface area (Å²) >= 11 is 0.848. The van der Waals surface area contributed by atoms with Gasteiger partial charge in [-0.05, 0) is 42.2 Å². The fourth-order valence-electron chi connectivity index (χ4n) is 1.73. The molecule has 2 rings (SSSR count). The molecule has 114 valence electrons. The lowest BCUT2D eigenvalue weighted by Crippen LogP contribution is -2.07. The Morgan fingerprint density at radius 2 is 2.09 bits per heavy atom. The number of hydrogen-bond acceptors (Lipinski definition) is 4. The number of hydrogen-bond donors (Lipinski definition) is 2. The van der Waals surface area contributed by atoms with Gasteiger partial charge in [-0.1, -0.05) is 12.2 Å². The highest BCUT2D eigenvalue weighted by Crippen LogP contribution is 2.34. The summed E-state index contributed by atoms with van der Waals surface area (Å²) in [6.45, 7) is 5.23. The van der Waals surface area contributed by atoms with Crippen LogP contribution >= 0.6 is 11.5 Å². The van der Waals surface area contributed by atoms with E-state index in [2.05, 4.69) is 16.3 Å². The van der Waals surface area contributed by atoms with Crippen molar-refractivity contribution in [2.45, 2.75) is 13.1 Å². The van der Waals surface area contributed by atoms with Gasteiger partial charge in [0.25, 0.3) is 5.56 Å². The zero-order valence-corrected chi connectivity index (χ0v) is 12.2. The Balaban J connectivity index is 2.51. The number of rotatable bonds is 3. The molecule has 0 saturated carbocycles. The van der Waals surface area contributed by atoms with Crippen LogP contribution in [0.1, 0.15) is 23.6 Å². The molecule has 0 bridgehead atoms. The van der Waals surface area contributed by atoms with E-state index in [1.54, 1.807) is 13.0 Å². The van der Waals surface area contributed by atoms with Gasteiger partial charge in [0.15, 0.2) is 5.56 Å². The lowest BCUT2D eigenvalue weighted by molar-refractivity contribution is -0.137. The van der Waals surface area contributed by atoms with Gasteiger partial charge in [0.1, 0.15) is 11.1 Å². The minimum atomic E-state index is -4.51. The Labute approximate surface area is 127 Å². The molecule has 1 aromatic carbocycles. The summed E-state index contributed by atoms with van der Waals surface area (Å²) in [5, 5.41) is 11.7. The van der Waals surface area contributed by atoms with E-state index in [-0.39, 0.29) is 16.3 Å². The first kappa shape index (κ1) is 15.9. The summed E-state index contributed by atoms with van der Waals surface area (Å²) in [7, 11) is 0. The second-order valence-corrected chi connectivity index (χ2v) is 5.37. The maximum atomic E-state index is 12.9. The van der Waals surface area contributed by atoms with Crippen molar-refractivity contribution in [3.63, 3.8) is 0 Å². The molecular formula is C14H10F3N3OS. The summed E-state index contributed by atoms with van der Waals surface area (Å²) in [6, 6.07) is 5.10. The van der Waals surface area contributed by atoms with E-state index in [4.69, 9.17) is 5.26 Å². The van der Waals surface area contributed by atoms with Gasteiger partial charge in [0.2, 0.25) is 0 Å². The first-order valence-corrected chi connectivity index (χ1v) is 6.81. The topological polar surface area (TPSA) is 68.7 Å². The monoisotopic (exact) mass is 325 g/mol. The molecule has 8 heteroatoms. The zero-order chi connectivity index (χ0) is 16.5. The number of halogens is 3. The highest BCUT2D eigenvalue weighted by atomic mass is 32.1. The van der Waals surface area contributed by atoms with Crippen LogP contribution in [0.25, 0.3) is 5.57 Å². The molecule has 0 aliphatic rings. The highest BCUT2D eigenvalue weighted by Gasteiger charge is 2.31. The van der Waals surface area contributed by atoms with Crippen LogP contribution in [0.4, 0.5) is 23.9 Å². The first-order valence-electron chi connectivity index (χ1n) is 5.99. The summed E-state index contributed by atoms with van der Waals surface area (Å²) in [6.07, 6.45) is -4.51. The van der Waals surface area contributed by atoms with Crippen LogP contribution in [0.15, 0.2) is 29.6 Å². The van der Waals surface area contributed by atoms with Crippen LogP contribution in [-0.2, 0) is 6.18 Å². The fraction of sp³-hybridized carbons (Fsp3) is 0.143. The van der Waals surface area contributed by atoms with Crippen LogP contribution in [0.3, 0.4) is 0 Å². The van der Waals surface area contributed by atoms with Crippen LogP contribution in [0, 0.1) is 11.3 Å². The number of aromatic amines is 1. The van der Waals surface area contributed by atoms with Crippen LogP contribution in [0.5, 0.6) is 0 Å². The third kappa shape index (κ3) is 3.20. The number of anilines is 2. The molecule has 1 aromatic heterocycles.